The molecular weight excluding hydrogens is 304 g/mol. The summed E-state index contributed by atoms with van der Waals surface area (Å²) in [5.41, 5.74) is 11.4. The highest BCUT2D eigenvalue weighted by atomic mass is 33.1. The quantitative estimate of drug-likeness (QED) is 0.558. The first-order valence-electron chi connectivity index (χ1n) is 7.74. The van der Waals surface area contributed by atoms with Crippen LogP contribution in [-0.4, -0.2) is 0 Å². The highest BCUT2D eigenvalue weighted by Crippen LogP contribution is 2.44. The highest BCUT2D eigenvalue weighted by molar-refractivity contribution is 8.76. The molecule has 2 aromatic rings. The molecule has 0 unspecified atom stereocenters. The summed E-state index contributed by atoms with van der Waals surface area (Å²) in [7, 11) is 3.80. The van der Waals surface area contributed by atoms with Crippen molar-refractivity contribution < 1.29 is 0 Å². The van der Waals surface area contributed by atoms with Crippen molar-refractivity contribution in [1.29, 1.82) is 0 Å². The lowest BCUT2D eigenvalue weighted by Crippen LogP contribution is -1.97. The van der Waals surface area contributed by atoms with Gasteiger partial charge in [-0.05, 0) is 106 Å². The van der Waals surface area contributed by atoms with Crippen molar-refractivity contribution in [2.45, 2.75) is 65.2 Å². The van der Waals surface area contributed by atoms with Crippen molar-refractivity contribution in [3.8, 4) is 0 Å². The normalized spacial score (nSPS) is 11.1. The maximum absolute atomic E-state index is 2.26. The van der Waals surface area contributed by atoms with Gasteiger partial charge >= 0.3 is 0 Å². The van der Waals surface area contributed by atoms with Gasteiger partial charge in [0.1, 0.15) is 0 Å². The fourth-order valence-corrected chi connectivity index (χ4v) is 5.64. The van der Waals surface area contributed by atoms with E-state index in [2.05, 4.69) is 67.5 Å². The molecule has 0 nitrogen and oxygen atoms in total. The summed E-state index contributed by atoms with van der Waals surface area (Å²) in [6, 6.07) is 4.49. The summed E-state index contributed by atoms with van der Waals surface area (Å²) in [5, 5.41) is 0. The third-order valence-corrected chi connectivity index (χ3v) is 7.93. The van der Waals surface area contributed by atoms with Gasteiger partial charge in [-0.3, -0.25) is 0 Å². The Hall–Kier alpha value is -0.860. The van der Waals surface area contributed by atoms with E-state index in [4.69, 9.17) is 0 Å². The minimum absolute atomic E-state index is 1.38. The molecule has 22 heavy (non-hydrogen) atoms. The van der Waals surface area contributed by atoms with E-state index in [1.54, 1.807) is 0 Å². The van der Waals surface area contributed by atoms with Gasteiger partial charge in [0.15, 0.2) is 0 Å². The van der Waals surface area contributed by atoms with Crippen LogP contribution in [0.15, 0.2) is 21.9 Å². The molecule has 2 heteroatoms. The van der Waals surface area contributed by atoms with E-state index in [-0.39, 0.29) is 0 Å². The molecule has 0 aliphatic rings. The van der Waals surface area contributed by atoms with Gasteiger partial charge in [-0.1, -0.05) is 27.7 Å². The van der Waals surface area contributed by atoms with Crippen LogP contribution in [-0.2, 0) is 0 Å². The molecule has 118 valence electrons. The lowest BCUT2D eigenvalue weighted by Gasteiger charge is -2.18. The van der Waals surface area contributed by atoms with Crippen LogP contribution in [0.5, 0.6) is 0 Å². The smallest absolute Gasteiger partial charge is 0.0250 e. The van der Waals surface area contributed by atoms with Gasteiger partial charge in [-0.25, -0.2) is 0 Å². The standard InChI is InChI=1S/C20H26S2/c1-11-9-10-19(16(6)12(11)2)21-22-20-17(7)14(4)13(3)15(5)18(20)8/h9-10H,1-8H3. The first kappa shape index (κ1) is 17.5. The van der Waals surface area contributed by atoms with E-state index in [9.17, 15) is 0 Å². The zero-order chi connectivity index (χ0) is 16.6. The van der Waals surface area contributed by atoms with Crippen molar-refractivity contribution >= 4 is 21.6 Å². The second-order valence-electron chi connectivity index (χ2n) is 6.25. The number of rotatable bonds is 3. The Morgan fingerprint density at radius 2 is 1.00 bits per heavy atom. The number of hydrogen-bond donors (Lipinski definition) is 0. The van der Waals surface area contributed by atoms with Crippen LogP contribution in [0.1, 0.15) is 44.5 Å². The molecule has 0 heterocycles. The zero-order valence-electron chi connectivity index (χ0n) is 15.0. The first-order valence-corrected chi connectivity index (χ1v) is 9.89. The number of aryl methyl sites for hydroxylation is 1. The van der Waals surface area contributed by atoms with Crippen LogP contribution in [0.3, 0.4) is 0 Å². The largest absolute Gasteiger partial charge is 0.0579 e. The third-order valence-electron chi connectivity index (χ3n) is 5.15. The Morgan fingerprint density at radius 3 is 1.55 bits per heavy atom. The lowest BCUT2D eigenvalue weighted by atomic mass is 9.95. The molecule has 0 aliphatic heterocycles. The van der Waals surface area contributed by atoms with Gasteiger partial charge in [0.05, 0.1) is 0 Å². The van der Waals surface area contributed by atoms with Gasteiger partial charge in [0.25, 0.3) is 0 Å². The van der Waals surface area contributed by atoms with Crippen molar-refractivity contribution in [3.63, 3.8) is 0 Å². The summed E-state index contributed by atoms with van der Waals surface area (Å²) in [4.78, 5) is 2.81. The molecular formula is C20H26S2. The summed E-state index contributed by atoms with van der Waals surface area (Å²) >= 11 is 0. The van der Waals surface area contributed by atoms with Gasteiger partial charge in [0.2, 0.25) is 0 Å². The zero-order valence-corrected chi connectivity index (χ0v) is 16.6. The average Bonchev–Trinajstić information content (AvgIpc) is 2.50. The summed E-state index contributed by atoms with van der Waals surface area (Å²) in [6.07, 6.45) is 0. The van der Waals surface area contributed by atoms with Gasteiger partial charge < -0.3 is 0 Å². The van der Waals surface area contributed by atoms with Crippen LogP contribution in [0.4, 0.5) is 0 Å². The molecule has 2 rings (SSSR count). The molecule has 0 radical (unpaired) electrons. The Labute approximate surface area is 143 Å². The predicted octanol–water partition coefficient (Wildman–Crippen LogP) is 6.95. The van der Waals surface area contributed by atoms with Gasteiger partial charge in [0, 0.05) is 9.79 Å². The Morgan fingerprint density at radius 1 is 0.500 bits per heavy atom. The summed E-state index contributed by atoms with van der Waals surface area (Å²) < 4.78 is 0. The van der Waals surface area contributed by atoms with E-state index in [1.165, 1.54) is 54.3 Å². The Bertz CT molecular complexity index is 698. The molecule has 0 atom stereocenters. The molecule has 0 aliphatic carbocycles. The molecule has 0 amide bonds. The molecule has 0 N–H and O–H groups in total. The summed E-state index contributed by atoms with van der Waals surface area (Å²) in [5.74, 6) is 0. The van der Waals surface area contributed by atoms with Crippen LogP contribution in [0.25, 0.3) is 0 Å². The molecule has 0 saturated carbocycles. The van der Waals surface area contributed by atoms with Crippen LogP contribution in [0, 0.1) is 55.4 Å². The maximum Gasteiger partial charge on any atom is 0.0250 e. The number of hydrogen-bond acceptors (Lipinski definition) is 2. The second kappa shape index (κ2) is 6.72. The van der Waals surface area contributed by atoms with Gasteiger partial charge in [-0.15, -0.1) is 0 Å². The fraction of sp³-hybridized carbons (Fsp3) is 0.400. The van der Waals surface area contributed by atoms with Crippen LogP contribution < -0.4 is 0 Å². The van der Waals surface area contributed by atoms with E-state index < -0.39 is 0 Å². The number of benzene rings is 2. The van der Waals surface area contributed by atoms with Crippen molar-refractivity contribution in [3.05, 3.63) is 56.6 Å². The minimum atomic E-state index is 1.38. The SMILES string of the molecule is Cc1ccc(SSc2c(C)c(C)c(C)c(C)c2C)c(C)c1C. The monoisotopic (exact) mass is 330 g/mol. The topological polar surface area (TPSA) is 0 Å². The van der Waals surface area contributed by atoms with E-state index in [1.807, 2.05) is 21.6 Å². The molecule has 0 bridgehead atoms. The van der Waals surface area contributed by atoms with Crippen LogP contribution >= 0.6 is 21.6 Å². The predicted molar refractivity (Wildman–Crippen MR) is 102 cm³/mol. The summed E-state index contributed by atoms with van der Waals surface area (Å²) in [6.45, 7) is 17.9. The first-order chi connectivity index (χ1) is 10.3. The fourth-order valence-electron chi connectivity index (χ4n) is 2.70. The maximum atomic E-state index is 2.26. The second-order valence-corrected chi connectivity index (χ2v) is 8.43. The van der Waals surface area contributed by atoms with Crippen LogP contribution in [0.2, 0.25) is 0 Å². The third kappa shape index (κ3) is 3.09. The molecule has 2 aromatic carbocycles. The van der Waals surface area contributed by atoms with Crippen molar-refractivity contribution in [1.82, 2.24) is 0 Å². The minimum Gasteiger partial charge on any atom is -0.0579 e. The Kier molecular flexibility index (Phi) is 5.34. The van der Waals surface area contributed by atoms with Crippen molar-refractivity contribution in [2.75, 3.05) is 0 Å². The lowest BCUT2D eigenvalue weighted by molar-refractivity contribution is 1.10. The molecule has 0 spiro atoms. The average molecular weight is 331 g/mol. The van der Waals surface area contributed by atoms with E-state index in [0.717, 1.165) is 0 Å². The van der Waals surface area contributed by atoms with E-state index in [0.29, 0.717) is 0 Å². The van der Waals surface area contributed by atoms with Gasteiger partial charge in [-0.2, -0.15) is 0 Å². The van der Waals surface area contributed by atoms with E-state index >= 15 is 0 Å². The highest BCUT2D eigenvalue weighted by Gasteiger charge is 2.14. The molecule has 0 saturated heterocycles. The molecule has 0 aromatic heterocycles. The molecule has 0 fully saturated rings. The Balaban J connectivity index is 2.36. The van der Waals surface area contributed by atoms with Crippen molar-refractivity contribution in [2.24, 2.45) is 0 Å².